The number of nitrogens with one attached hydrogen (secondary N) is 1. The van der Waals surface area contributed by atoms with Crippen LogP contribution in [0.25, 0.3) is 0 Å². The maximum atomic E-state index is 13.4. The molecule has 146 valence electrons. The Morgan fingerprint density at radius 2 is 1.89 bits per heavy atom. The number of carboxylic acids is 1. The zero-order chi connectivity index (χ0) is 20.1. The molecule has 2 fully saturated rings. The standard InChI is InChI=1S/C21H22N2O4S/c1-12(2)11-21(20(26)27)16-15(17(22-21)14-9-6-10-28-14)18(24)23(19(16)25)13-7-4-3-5-8-13/h3-10,12,15-17,22H,11H2,1-2H3,(H,26,27). The second-order valence-corrected chi connectivity index (χ2v) is 8.84. The normalized spacial score (nSPS) is 29.5. The first kappa shape index (κ1) is 18.8. The fourth-order valence-corrected chi connectivity index (χ4v) is 5.49. The van der Waals surface area contributed by atoms with Crippen LogP contribution >= 0.6 is 11.3 Å². The molecule has 0 saturated carbocycles. The Labute approximate surface area is 167 Å². The molecule has 0 aliphatic carbocycles. The van der Waals surface area contributed by atoms with Gasteiger partial charge in [-0.1, -0.05) is 38.1 Å². The average Bonchev–Trinajstić information content (AvgIpc) is 3.33. The summed E-state index contributed by atoms with van der Waals surface area (Å²) in [6.07, 6.45) is 0.271. The Kier molecular flexibility index (Phi) is 4.59. The number of amides is 2. The Morgan fingerprint density at radius 3 is 2.46 bits per heavy atom. The van der Waals surface area contributed by atoms with E-state index in [1.807, 2.05) is 37.4 Å². The molecule has 1 aromatic carbocycles. The van der Waals surface area contributed by atoms with Crippen LogP contribution in [0.5, 0.6) is 0 Å². The van der Waals surface area contributed by atoms with Crippen LogP contribution in [0.2, 0.25) is 0 Å². The van der Waals surface area contributed by atoms with Gasteiger partial charge in [-0.25, -0.2) is 4.90 Å². The lowest BCUT2D eigenvalue weighted by Crippen LogP contribution is -2.56. The van der Waals surface area contributed by atoms with Crippen LogP contribution in [0.15, 0.2) is 47.8 Å². The molecule has 6 nitrogen and oxygen atoms in total. The van der Waals surface area contributed by atoms with Crippen LogP contribution in [0.4, 0.5) is 5.69 Å². The topological polar surface area (TPSA) is 86.7 Å². The van der Waals surface area contributed by atoms with Gasteiger partial charge in [0.05, 0.1) is 23.6 Å². The van der Waals surface area contributed by atoms with Crippen molar-refractivity contribution >= 4 is 34.8 Å². The smallest absolute Gasteiger partial charge is 0.324 e. The minimum atomic E-state index is -1.47. The van der Waals surface area contributed by atoms with Crippen molar-refractivity contribution in [1.82, 2.24) is 5.32 Å². The van der Waals surface area contributed by atoms with Crippen molar-refractivity contribution in [2.45, 2.75) is 31.8 Å². The molecule has 4 unspecified atom stereocenters. The molecule has 2 aliphatic rings. The molecule has 4 rings (SSSR count). The summed E-state index contributed by atoms with van der Waals surface area (Å²) < 4.78 is 0. The van der Waals surface area contributed by atoms with Gasteiger partial charge in [0.2, 0.25) is 11.8 Å². The summed E-state index contributed by atoms with van der Waals surface area (Å²) in [7, 11) is 0. The van der Waals surface area contributed by atoms with Crippen molar-refractivity contribution in [3.8, 4) is 0 Å². The van der Waals surface area contributed by atoms with Gasteiger partial charge in [0.25, 0.3) is 0 Å². The van der Waals surface area contributed by atoms with E-state index in [1.54, 1.807) is 24.3 Å². The Hall–Kier alpha value is -2.51. The molecule has 28 heavy (non-hydrogen) atoms. The Bertz CT molecular complexity index is 912. The molecular formula is C21H22N2O4S. The van der Waals surface area contributed by atoms with Crippen LogP contribution in [0.1, 0.15) is 31.2 Å². The number of imide groups is 1. The predicted molar refractivity (Wildman–Crippen MR) is 106 cm³/mol. The van der Waals surface area contributed by atoms with Gasteiger partial charge in [-0.05, 0) is 35.9 Å². The molecule has 3 heterocycles. The third-order valence-electron chi connectivity index (χ3n) is 5.63. The van der Waals surface area contributed by atoms with E-state index < -0.39 is 35.3 Å². The monoisotopic (exact) mass is 398 g/mol. The fraction of sp³-hybridized carbons (Fsp3) is 0.381. The number of rotatable bonds is 5. The molecule has 0 spiro atoms. The van der Waals surface area contributed by atoms with Crippen molar-refractivity contribution in [2.24, 2.45) is 17.8 Å². The Morgan fingerprint density at radius 1 is 1.18 bits per heavy atom. The van der Waals surface area contributed by atoms with E-state index in [0.29, 0.717) is 5.69 Å². The zero-order valence-electron chi connectivity index (χ0n) is 15.7. The van der Waals surface area contributed by atoms with Crippen LogP contribution in [-0.4, -0.2) is 28.4 Å². The number of hydrogen-bond acceptors (Lipinski definition) is 5. The van der Waals surface area contributed by atoms with E-state index in [1.165, 1.54) is 16.2 Å². The number of carboxylic acid groups (broad SMARTS) is 1. The summed E-state index contributed by atoms with van der Waals surface area (Å²) in [6.45, 7) is 3.85. The number of fused-ring (bicyclic) bond motifs is 1. The number of benzene rings is 1. The summed E-state index contributed by atoms with van der Waals surface area (Å²) >= 11 is 1.46. The number of carbonyl (C=O) groups is 3. The Balaban J connectivity index is 1.86. The van der Waals surface area contributed by atoms with Crippen molar-refractivity contribution in [1.29, 1.82) is 0 Å². The van der Waals surface area contributed by atoms with E-state index in [0.717, 1.165) is 4.88 Å². The van der Waals surface area contributed by atoms with E-state index in [9.17, 15) is 19.5 Å². The molecule has 2 saturated heterocycles. The summed E-state index contributed by atoms with van der Waals surface area (Å²) in [5.41, 5.74) is -0.982. The van der Waals surface area contributed by atoms with Gasteiger partial charge >= 0.3 is 5.97 Å². The van der Waals surface area contributed by atoms with Crippen LogP contribution in [-0.2, 0) is 14.4 Å². The van der Waals surface area contributed by atoms with E-state index in [2.05, 4.69) is 5.32 Å². The first-order chi connectivity index (χ1) is 13.4. The van der Waals surface area contributed by atoms with Crippen molar-refractivity contribution < 1.29 is 19.5 Å². The second kappa shape index (κ2) is 6.83. The van der Waals surface area contributed by atoms with Crippen LogP contribution < -0.4 is 10.2 Å². The van der Waals surface area contributed by atoms with E-state index >= 15 is 0 Å². The number of para-hydroxylation sites is 1. The molecular weight excluding hydrogens is 376 g/mol. The second-order valence-electron chi connectivity index (χ2n) is 7.86. The average molecular weight is 398 g/mol. The van der Waals surface area contributed by atoms with Gasteiger partial charge in [0.15, 0.2) is 0 Å². The van der Waals surface area contributed by atoms with Crippen molar-refractivity contribution in [3.63, 3.8) is 0 Å². The number of nitrogens with zero attached hydrogens (tertiary/aromatic N) is 1. The number of anilines is 1. The molecule has 2 aromatic rings. The molecule has 0 bridgehead atoms. The van der Waals surface area contributed by atoms with Gasteiger partial charge in [-0.3, -0.25) is 19.7 Å². The highest BCUT2D eigenvalue weighted by Crippen LogP contribution is 2.52. The molecule has 4 atom stereocenters. The highest BCUT2D eigenvalue weighted by atomic mass is 32.1. The number of carbonyl (C=O) groups excluding carboxylic acids is 2. The third-order valence-corrected chi connectivity index (χ3v) is 6.59. The first-order valence-corrected chi connectivity index (χ1v) is 10.2. The third kappa shape index (κ3) is 2.69. The summed E-state index contributed by atoms with van der Waals surface area (Å²) in [6, 6.07) is 12.0. The lowest BCUT2D eigenvalue weighted by Gasteiger charge is -2.32. The summed E-state index contributed by atoms with van der Waals surface area (Å²) in [5, 5.41) is 15.3. The van der Waals surface area contributed by atoms with E-state index in [4.69, 9.17) is 0 Å². The van der Waals surface area contributed by atoms with Crippen LogP contribution in [0.3, 0.4) is 0 Å². The minimum absolute atomic E-state index is 0.0417. The van der Waals surface area contributed by atoms with Crippen LogP contribution in [0, 0.1) is 17.8 Å². The largest absolute Gasteiger partial charge is 0.480 e. The quantitative estimate of drug-likeness (QED) is 0.756. The molecule has 2 amide bonds. The van der Waals surface area contributed by atoms with Crippen molar-refractivity contribution in [3.05, 3.63) is 52.7 Å². The van der Waals surface area contributed by atoms with Gasteiger partial charge in [-0.15, -0.1) is 11.3 Å². The molecule has 2 aliphatic heterocycles. The lowest BCUT2D eigenvalue weighted by molar-refractivity contribution is -0.149. The first-order valence-electron chi connectivity index (χ1n) is 9.34. The minimum Gasteiger partial charge on any atom is -0.480 e. The number of aliphatic carboxylic acids is 1. The summed E-state index contributed by atoms with van der Waals surface area (Å²) in [4.78, 5) is 41.3. The highest BCUT2D eigenvalue weighted by Gasteiger charge is 2.68. The highest BCUT2D eigenvalue weighted by molar-refractivity contribution is 7.10. The fourth-order valence-electron chi connectivity index (χ4n) is 4.66. The number of thiophene rings is 1. The van der Waals surface area contributed by atoms with Gasteiger partial charge in [0.1, 0.15) is 5.54 Å². The summed E-state index contributed by atoms with van der Waals surface area (Å²) in [5.74, 6) is -3.48. The zero-order valence-corrected chi connectivity index (χ0v) is 16.5. The van der Waals surface area contributed by atoms with Crippen molar-refractivity contribution in [2.75, 3.05) is 4.90 Å². The molecule has 1 aromatic heterocycles. The predicted octanol–water partition coefficient (Wildman–Crippen LogP) is 3.07. The molecule has 7 heteroatoms. The maximum absolute atomic E-state index is 13.4. The van der Waals surface area contributed by atoms with Gasteiger partial charge < -0.3 is 5.11 Å². The maximum Gasteiger partial charge on any atom is 0.324 e. The van der Waals surface area contributed by atoms with Gasteiger partial charge in [-0.2, -0.15) is 0 Å². The molecule has 0 radical (unpaired) electrons. The lowest BCUT2D eigenvalue weighted by atomic mass is 9.75. The number of hydrogen-bond donors (Lipinski definition) is 2. The SMILES string of the molecule is CC(C)CC1(C(=O)O)NC(c2cccs2)C2C(=O)N(c3ccccc3)C(=O)C21. The van der Waals surface area contributed by atoms with E-state index in [-0.39, 0.29) is 18.2 Å². The molecule has 2 N–H and O–H groups in total. The van der Waals surface area contributed by atoms with Gasteiger partial charge in [0, 0.05) is 4.88 Å².